The number of benzene rings is 2. The molecule has 5 nitrogen and oxygen atoms in total. The van der Waals surface area contributed by atoms with E-state index in [4.69, 9.17) is 21.6 Å². The van der Waals surface area contributed by atoms with E-state index in [1.165, 1.54) is 24.1 Å². The van der Waals surface area contributed by atoms with Gasteiger partial charge in [0.25, 0.3) is 0 Å². The van der Waals surface area contributed by atoms with E-state index in [-0.39, 0.29) is 0 Å². The molecule has 6 rings (SSSR count). The van der Waals surface area contributed by atoms with Crippen LogP contribution in [0.5, 0.6) is 0 Å². The summed E-state index contributed by atoms with van der Waals surface area (Å²) in [6.07, 6.45) is 4.24. The Bertz CT molecular complexity index is 1490. The van der Waals surface area contributed by atoms with E-state index in [9.17, 15) is 0 Å². The summed E-state index contributed by atoms with van der Waals surface area (Å²) in [4.78, 5) is 12.4. The Labute approximate surface area is 204 Å². The SMILES string of the molecule is Cc1cc(C)c(-n2c3ncccc3n3c(CN4CCCC4c4ccccc4)c(C)nc23)c(Cl)c1. The lowest BCUT2D eigenvalue weighted by Gasteiger charge is -2.24. The Kier molecular flexibility index (Phi) is 5.19. The second-order valence-electron chi connectivity index (χ2n) is 9.41. The molecule has 1 atom stereocenters. The highest BCUT2D eigenvalue weighted by Gasteiger charge is 2.29. The summed E-state index contributed by atoms with van der Waals surface area (Å²) in [6, 6.07) is 19.6. The van der Waals surface area contributed by atoms with E-state index < -0.39 is 0 Å². The molecule has 0 bridgehead atoms. The number of imidazole rings is 2. The highest BCUT2D eigenvalue weighted by atomic mass is 35.5. The maximum Gasteiger partial charge on any atom is 0.221 e. The summed E-state index contributed by atoms with van der Waals surface area (Å²) in [7, 11) is 0. The lowest BCUT2D eigenvalue weighted by Crippen LogP contribution is -2.23. The molecule has 4 heterocycles. The maximum absolute atomic E-state index is 6.80. The van der Waals surface area contributed by atoms with Gasteiger partial charge in [0.15, 0.2) is 5.65 Å². The molecule has 3 aromatic heterocycles. The number of likely N-dealkylation sites (tertiary alicyclic amines) is 1. The lowest BCUT2D eigenvalue weighted by atomic mass is 10.0. The molecular weight excluding hydrogens is 442 g/mol. The number of nitrogens with zero attached hydrogens (tertiary/aromatic N) is 5. The molecule has 2 aromatic carbocycles. The number of fused-ring (bicyclic) bond motifs is 3. The summed E-state index contributed by atoms with van der Waals surface area (Å²) < 4.78 is 4.41. The Balaban J connectivity index is 1.53. The van der Waals surface area contributed by atoms with Crippen LogP contribution in [0.4, 0.5) is 0 Å². The molecule has 1 aliphatic heterocycles. The molecule has 1 aliphatic rings. The minimum Gasteiger partial charge on any atom is -0.291 e. The van der Waals surface area contributed by atoms with E-state index in [0.717, 1.165) is 52.5 Å². The van der Waals surface area contributed by atoms with Gasteiger partial charge in [-0.2, -0.15) is 0 Å². The van der Waals surface area contributed by atoms with E-state index in [1.807, 2.05) is 18.3 Å². The van der Waals surface area contributed by atoms with Crippen LogP contribution in [0, 0.1) is 20.8 Å². The monoisotopic (exact) mass is 469 g/mol. The lowest BCUT2D eigenvalue weighted by molar-refractivity contribution is 0.244. The topological polar surface area (TPSA) is 38.4 Å². The van der Waals surface area contributed by atoms with E-state index >= 15 is 0 Å². The molecule has 0 radical (unpaired) electrons. The number of halogens is 1. The predicted molar refractivity (Wildman–Crippen MR) is 138 cm³/mol. The molecule has 0 amide bonds. The Hall–Kier alpha value is -3.15. The maximum atomic E-state index is 6.80. The molecule has 0 aliphatic carbocycles. The normalized spacial score (nSPS) is 16.8. The van der Waals surface area contributed by atoms with Gasteiger partial charge in [0, 0.05) is 18.8 Å². The number of aryl methyl sites for hydroxylation is 3. The quantitative estimate of drug-likeness (QED) is 0.298. The minimum absolute atomic E-state index is 0.436. The fourth-order valence-electron chi connectivity index (χ4n) is 5.62. The second kappa shape index (κ2) is 8.26. The van der Waals surface area contributed by atoms with Crippen molar-refractivity contribution in [2.24, 2.45) is 0 Å². The molecule has 0 saturated carbocycles. The van der Waals surface area contributed by atoms with Crippen LogP contribution in [0.3, 0.4) is 0 Å². The third-order valence-electron chi connectivity index (χ3n) is 7.10. The third-order valence-corrected chi connectivity index (χ3v) is 7.38. The average molecular weight is 470 g/mol. The fourth-order valence-corrected chi connectivity index (χ4v) is 6.03. The van der Waals surface area contributed by atoms with Crippen LogP contribution < -0.4 is 0 Å². The first-order valence-corrected chi connectivity index (χ1v) is 12.3. The molecule has 5 aromatic rings. The van der Waals surface area contributed by atoms with Gasteiger partial charge in [-0.3, -0.25) is 13.9 Å². The van der Waals surface area contributed by atoms with Crippen LogP contribution in [0.1, 0.15) is 47.0 Å². The van der Waals surface area contributed by atoms with Crippen molar-refractivity contribution in [1.82, 2.24) is 23.8 Å². The predicted octanol–water partition coefficient (Wildman–Crippen LogP) is 6.59. The molecule has 34 heavy (non-hydrogen) atoms. The van der Waals surface area contributed by atoms with Gasteiger partial charge < -0.3 is 0 Å². The first-order chi connectivity index (χ1) is 16.5. The van der Waals surface area contributed by atoms with Crippen LogP contribution in [0.15, 0.2) is 60.8 Å². The summed E-state index contributed by atoms with van der Waals surface area (Å²) in [5.74, 6) is 0.866. The first kappa shape index (κ1) is 21.4. The number of hydrogen-bond acceptors (Lipinski definition) is 3. The van der Waals surface area contributed by atoms with Gasteiger partial charge in [-0.25, -0.2) is 9.97 Å². The zero-order valence-electron chi connectivity index (χ0n) is 19.8. The van der Waals surface area contributed by atoms with Crippen molar-refractivity contribution in [3.63, 3.8) is 0 Å². The molecule has 172 valence electrons. The van der Waals surface area contributed by atoms with Gasteiger partial charge in [0.1, 0.15) is 0 Å². The fraction of sp³-hybridized carbons (Fsp3) is 0.286. The third kappa shape index (κ3) is 3.34. The highest BCUT2D eigenvalue weighted by Crippen LogP contribution is 2.36. The zero-order valence-corrected chi connectivity index (χ0v) is 20.5. The zero-order chi connectivity index (χ0) is 23.4. The smallest absolute Gasteiger partial charge is 0.221 e. The molecule has 6 heteroatoms. The number of aromatic nitrogens is 4. The molecule has 1 saturated heterocycles. The van der Waals surface area contributed by atoms with E-state index in [0.29, 0.717) is 11.1 Å². The summed E-state index contributed by atoms with van der Waals surface area (Å²) >= 11 is 6.80. The van der Waals surface area contributed by atoms with E-state index in [2.05, 4.69) is 77.1 Å². The first-order valence-electron chi connectivity index (χ1n) is 11.9. The van der Waals surface area contributed by atoms with Crippen molar-refractivity contribution >= 4 is 28.5 Å². The molecule has 1 unspecified atom stereocenters. The summed E-state index contributed by atoms with van der Waals surface area (Å²) in [5.41, 5.74) is 8.80. The van der Waals surface area contributed by atoms with Crippen molar-refractivity contribution in [3.05, 3.63) is 93.9 Å². The Morgan fingerprint density at radius 2 is 1.85 bits per heavy atom. The van der Waals surface area contributed by atoms with Crippen molar-refractivity contribution in [1.29, 1.82) is 0 Å². The van der Waals surface area contributed by atoms with Gasteiger partial charge in [0.05, 0.1) is 27.6 Å². The van der Waals surface area contributed by atoms with Gasteiger partial charge in [-0.05, 0) is 75.0 Å². The van der Waals surface area contributed by atoms with Crippen molar-refractivity contribution in [2.45, 2.75) is 46.2 Å². The number of hydrogen-bond donors (Lipinski definition) is 0. The van der Waals surface area contributed by atoms with Crippen LogP contribution in [-0.4, -0.2) is 30.4 Å². The second-order valence-corrected chi connectivity index (χ2v) is 9.82. The minimum atomic E-state index is 0.436. The van der Waals surface area contributed by atoms with Crippen LogP contribution in [0.25, 0.3) is 22.6 Å². The van der Waals surface area contributed by atoms with Crippen molar-refractivity contribution in [3.8, 4) is 5.69 Å². The summed E-state index contributed by atoms with van der Waals surface area (Å²) in [5, 5.41) is 0.716. The van der Waals surface area contributed by atoms with Crippen molar-refractivity contribution in [2.75, 3.05) is 6.54 Å². The van der Waals surface area contributed by atoms with Gasteiger partial charge in [-0.15, -0.1) is 0 Å². The van der Waals surface area contributed by atoms with Crippen LogP contribution in [-0.2, 0) is 6.54 Å². The largest absolute Gasteiger partial charge is 0.291 e. The van der Waals surface area contributed by atoms with Gasteiger partial charge in [-0.1, -0.05) is 48.0 Å². The van der Waals surface area contributed by atoms with Crippen LogP contribution >= 0.6 is 11.6 Å². The van der Waals surface area contributed by atoms with Gasteiger partial charge >= 0.3 is 0 Å². The molecule has 1 fully saturated rings. The van der Waals surface area contributed by atoms with E-state index in [1.54, 1.807) is 0 Å². The number of rotatable bonds is 4. The Morgan fingerprint density at radius 1 is 1.03 bits per heavy atom. The molecule has 0 spiro atoms. The standard InChI is InChI=1S/C28H28ClN5/c1-18-15-19(2)26(22(29)16-18)34-27-24(11-7-13-30-27)33-25(20(3)31-28(33)34)17-32-14-8-12-23(32)21-9-5-4-6-10-21/h4-7,9-11,13,15-16,23H,8,12,14,17H2,1-3H3. The highest BCUT2D eigenvalue weighted by molar-refractivity contribution is 6.32. The number of pyridine rings is 1. The average Bonchev–Trinajstić information content (AvgIpc) is 3.49. The molecule has 0 N–H and O–H groups in total. The Morgan fingerprint density at radius 3 is 2.65 bits per heavy atom. The van der Waals surface area contributed by atoms with Crippen molar-refractivity contribution < 1.29 is 0 Å². The summed E-state index contributed by atoms with van der Waals surface area (Å²) in [6.45, 7) is 8.23. The molecular formula is C28H28ClN5. The van der Waals surface area contributed by atoms with Crippen LogP contribution in [0.2, 0.25) is 5.02 Å². The van der Waals surface area contributed by atoms with Gasteiger partial charge in [0.2, 0.25) is 5.78 Å².